The number of para-hydroxylation sites is 1. The van der Waals surface area contributed by atoms with Gasteiger partial charge in [0.25, 0.3) is 0 Å². The maximum absolute atomic E-state index is 7.27. The molecule has 0 bridgehead atoms. The van der Waals surface area contributed by atoms with Crippen molar-refractivity contribution >= 4 is 60.5 Å². The Morgan fingerprint density at radius 3 is 1.46 bits per heavy atom. The third-order valence-corrected chi connectivity index (χ3v) is 13.1. The minimum atomic E-state index is -0.457. The predicted molar refractivity (Wildman–Crippen MR) is 245 cm³/mol. The molecule has 13 rings (SSSR count). The van der Waals surface area contributed by atoms with E-state index in [0.29, 0.717) is 0 Å². The van der Waals surface area contributed by atoms with Gasteiger partial charge in [-0.25, -0.2) is 0 Å². The van der Waals surface area contributed by atoms with E-state index in [4.69, 9.17) is 4.42 Å². The monoisotopic (exact) mass is 749 g/mol. The molecule has 11 aromatic rings. The number of nitrogens with zero attached hydrogens (tertiary/aromatic N) is 1. The molecule has 1 spiro atoms. The average molecular weight is 750 g/mol. The molecule has 274 valence electrons. The number of anilines is 3. The third kappa shape index (κ3) is 4.30. The first-order valence-corrected chi connectivity index (χ1v) is 20.4. The lowest BCUT2D eigenvalue weighted by Crippen LogP contribution is -2.26. The van der Waals surface area contributed by atoms with Crippen molar-refractivity contribution in [2.75, 3.05) is 4.90 Å². The van der Waals surface area contributed by atoms with Crippen LogP contribution >= 0.6 is 0 Å². The molecule has 0 aliphatic heterocycles. The highest BCUT2D eigenvalue weighted by Gasteiger charge is 2.51. The van der Waals surface area contributed by atoms with Gasteiger partial charge in [-0.15, -0.1) is 0 Å². The lowest BCUT2D eigenvalue weighted by Gasteiger charge is -2.32. The molecule has 59 heavy (non-hydrogen) atoms. The Morgan fingerprint density at radius 2 is 0.814 bits per heavy atom. The van der Waals surface area contributed by atoms with Crippen molar-refractivity contribution in [3.8, 4) is 33.4 Å². The number of benzene rings is 10. The Hall–Kier alpha value is -7.68. The molecule has 0 saturated heterocycles. The highest BCUT2D eigenvalue weighted by atomic mass is 16.3. The van der Waals surface area contributed by atoms with E-state index in [-0.39, 0.29) is 0 Å². The van der Waals surface area contributed by atoms with Crippen LogP contribution in [0.5, 0.6) is 0 Å². The van der Waals surface area contributed by atoms with Crippen LogP contribution in [0.4, 0.5) is 17.1 Å². The molecule has 0 saturated carbocycles. The van der Waals surface area contributed by atoms with Gasteiger partial charge in [-0.1, -0.05) is 176 Å². The van der Waals surface area contributed by atoms with Gasteiger partial charge in [-0.2, -0.15) is 0 Å². The normalized spacial score (nSPS) is 13.2. The molecule has 2 heteroatoms. The molecule has 2 aliphatic carbocycles. The van der Waals surface area contributed by atoms with Crippen LogP contribution < -0.4 is 4.90 Å². The smallest absolute Gasteiger partial charge is 0.145 e. The second-order valence-electron chi connectivity index (χ2n) is 15.9. The van der Waals surface area contributed by atoms with E-state index in [1.807, 2.05) is 0 Å². The number of hydrogen-bond donors (Lipinski definition) is 0. The van der Waals surface area contributed by atoms with Crippen LogP contribution in [0.3, 0.4) is 0 Å². The van der Waals surface area contributed by atoms with Crippen molar-refractivity contribution in [1.29, 1.82) is 0 Å². The molecule has 10 aromatic carbocycles. The van der Waals surface area contributed by atoms with E-state index in [1.54, 1.807) is 0 Å². The Bertz CT molecular complexity index is 3440. The number of furan rings is 1. The molecule has 1 aromatic heterocycles. The SMILES string of the molecule is c1ccc(-c2ccc(N(c3ccccc3)c3ccc4c(c3)C3(c5ccccc5-c5ccccc53)c3ccccc3-4)c3c2oc2c4ccccc4c4ccccc4c23)cc1. The summed E-state index contributed by atoms with van der Waals surface area (Å²) in [5.74, 6) is 0. The first kappa shape index (κ1) is 32.4. The lowest BCUT2D eigenvalue weighted by molar-refractivity contribution is 0.674. The molecule has 0 radical (unpaired) electrons. The van der Waals surface area contributed by atoms with Crippen molar-refractivity contribution in [3.05, 3.63) is 235 Å². The standard InChI is InChI=1S/C57H35NO/c1-3-17-36(18-4-1)39-33-34-52(54-53-46-26-9-7-21-40(46)41-22-8-10-27-47(41)56(53)59-55(39)54)58(37-19-5-2-6-20-37)38-31-32-45-44-25-13-16-30-50(44)57(51(45)35-38)48-28-14-11-23-42(48)43-24-12-15-29-49(43)57/h1-35H. The summed E-state index contributed by atoms with van der Waals surface area (Å²) >= 11 is 0. The second kappa shape index (κ2) is 12.2. The van der Waals surface area contributed by atoms with E-state index in [2.05, 4.69) is 217 Å². The zero-order valence-corrected chi connectivity index (χ0v) is 32.1. The van der Waals surface area contributed by atoms with E-state index < -0.39 is 5.41 Å². The topological polar surface area (TPSA) is 16.4 Å². The summed E-state index contributed by atoms with van der Waals surface area (Å²) in [5, 5.41) is 6.94. The van der Waals surface area contributed by atoms with Gasteiger partial charge in [-0.05, 0) is 103 Å². The minimum Gasteiger partial charge on any atom is -0.455 e. The molecule has 0 N–H and O–H groups in total. The van der Waals surface area contributed by atoms with Gasteiger partial charge in [0.1, 0.15) is 11.2 Å². The summed E-state index contributed by atoms with van der Waals surface area (Å²) in [6.45, 7) is 0. The summed E-state index contributed by atoms with van der Waals surface area (Å²) in [4.78, 5) is 2.46. The van der Waals surface area contributed by atoms with E-state index in [0.717, 1.165) is 55.5 Å². The number of rotatable bonds is 4. The Balaban J connectivity index is 1.16. The molecule has 1 heterocycles. The summed E-state index contributed by atoms with van der Waals surface area (Å²) in [6.07, 6.45) is 0. The molecular formula is C57H35NO. The molecule has 2 aliphatic rings. The first-order valence-electron chi connectivity index (χ1n) is 20.4. The van der Waals surface area contributed by atoms with E-state index in [1.165, 1.54) is 60.7 Å². The quantitative estimate of drug-likeness (QED) is 0.167. The number of hydrogen-bond acceptors (Lipinski definition) is 2. The van der Waals surface area contributed by atoms with E-state index >= 15 is 0 Å². The van der Waals surface area contributed by atoms with Crippen LogP contribution in [0.2, 0.25) is 0 Å². The maximum atomic E-state index is 7.27. The first-order chi connectivity index (χ1) is 29.3. The zero-order chi connectivity index (χ0) is 38.7. The highest BCUT2D eigenvalue weighted by molar-refractivity contribution is 6.33. The Morgan fingerprint density at radius 1 is 0.322 bits per heavy atom. The maximum Gasteiger partial charge on any atom is 0.145 e. The van der Waals surface area contributed by atoms with Crippen molar-refractivity contribution < 1.29 is 4.42 Å². The minimum absolute atomic E-state index is 0.457. The van der Waals surface area contributed by atoms with Crippen LogP contribution in [-0.4, -0.2) is 0 Å². The fourth-order valence-electron chi connectivity index (χ4n) is 10.7. The van der Waals surface area contributed by atoms with E-state index in [9.17, 15) is 0 Å². The van der Waals surface area contributed by atoms with Crippen LogP contribution in [0.1, 0.15) is 22.3 Å². The van der Waals surface area contributed by atoms with Gasteiger partial charge in [0.05, 0.1) is 16.5 Å². The molecule has 0 fully saturated rings. The van der Waals surface area contributed by atoms with Crippen molar-refractivity contribution in [2.45, 2.75) is 5.41 Å². The van der Waals surface area contributed by atoms with Crippen LogP contribution in [0.25, 0.3) is 76.9 Å². The van der Waals surface area contributed by atoms with Crippen LogP contribution in [0, 0.1) is 0 Å². The van der Waals surface area contributed by atoms with Crippen molar-refractivity contribution in [1.82, 2.24) is 0 Å². The van der Waals surface area contributed by atoms with Crippen molar-refractivity contribution in [2.24, 2.45) is 0 Å². The number of fused-ring (bicyclic) bond motifs is 18. The fraction of sp³-hybridized carbons (Fsp3) is 0.0175. The predicted octanol–water partition coefficient (Wildman–Crippen LogP) is 15.4. The van der Waals surface area contributed by atoms with Gasteiger partial charge in [-0.3, -0.25) is 0 Å². The molecule has 0 unspecified atom stereocenters. The average Bonchev–Trinajstić information content (AvgIpc) is 3.95. The largest absolute Gasteiger partial charge is 0.455 e. The Kier molecular flexibility index (Phi) is 6.68. The van der Waals surface area contributed by atoms with Crippen LogP contribution in [0.15, 0.2) is 217 Å². The molecular weight excluding hydrogens is 715 g/mol. The summed E-state index contributed by atoms with van der Waals surface area (Å²) in [6, 6.07) is 77.8. The Labute approximate surface area is 341 Å². The molecule has 2 nitrogen and oxygen atoms in total. The molecule has 0 atom stereocenters. The fourth-order valence-corrected chi connectivity index (χ4v) is 10.7. The van der Waals surface area contributed by atoms with Crippen molar-refractivity contribution in [3.63, 3.8) is 0 Å². The van der Waals surface area contributed by atoms with Gasteiger partial charge in [0, 0.05) is 27.7 Å². The molecule has 0 amide bonds. The highest BCUT2D eigenvalue weighted by Crippen LogP contribution is 2.63. The summed E-state index contributed by atoms with van der Waals surface area (Å²) in [5.41, 5.74) is 17.3. The van der Waals surface area contributed by atoms with Gasteiger partial charge < -0.3 is 9.32 Å². The van der Waals surface area contributed by atoms with Gasteiger partial charge in [0.2, 0.25) is 0 Å². The zero-order valence-electron chi connectivity index (χ0n) is 32.1. The summed E-state index contributed by atoms with van der Waals surface area (Å²) < 4.78 is 7.27. The third-order valence-electron chi connectivity index (χ3n) is 13.1. The van der Waals surface area contributed by atoms with Gasteiger partial charge in [0.15, 0.2) is 0 Å². The van der Waals surface area contributed by atoms with Crippen LogP contribution in [-0.2, 0) is 5.41 Å². The van der Waals surface area contributed by atoms with Gasteiger partial charge >= 0.3 is 0 Å². The second-order valence-corrected chi connectivity index (χ2v) is 15.9. The summed E-state index contributed by atoms with van der Waals surface area (Å²) in [7, 11) is 0. The lowest BCUT2D eigenvalue weighted by atomic mass is 9.70.